The summed E-state index contributed by atoms with van der Waals surface area (Å²) < 4.78 is 5.59. The Bertz CT molecular complexity index is 639. The molecule has 31 heavy (non-hydrogen) atoms. The molecule has 4 N–H and O–H groups in total. The SMILES string of the molecule is CC(C)CC(NC(=O)NC1CC1)C(=O)N[C@@H]1CCOC[C@@H]1NC(=O)C1CCCCN1C. The van der Waals surface area contributed by atoms with Gasteiger partial charge in [-0.3, -0.25) is 14.5 Å². The fraction of sp³-hybridized carbons (Fsp3) is 0.864. The van der Waals surface area contributed by atoms with Crippen LogP contribution in [0.1, 0.15) is 58.8 Å². The molecule has 0 aromatic heterocycles. The van der Waals surface area contributed by atoms with Gasteiger partial charge < -0.3 is 26.0 Å². The van der Waals surface area contributed by atoms with E-state index in [0.717, 1.165) is 38.6 Å². The highest BCUT2D eigenvalue weighted by atomic mass is 16.5. The summed E-state index contributed by atoms with van der Waals surface area (Å²) in [6.07, 6.45) is 6.18. The molecule has 2 unspecified atom stereocenters. The number of nitrogens with one attached hydrogen (secondary N) is 4. The van der Waals surface area contributed by atoms with E-state index < -0.39 is 6.04 Å². The molecule has 0 spiro atoms. The summed E-state index contributed by atoms with van der Waals surface area (Å²) in [5.41, 5.74) is 0. The van der Waals surface area contributed by atoms with Crippen molar-refractivity contribution < 1.29 is 19.1 Å². The molecule has 4 amide bonds. The van der Waals surface area contributed by atoms with Crippen molar-refractivity contribution in [3.05, 3.63) is 0 Å². The van der Waals surface area contributed by atoms with E-state index >= 15 is 0 Å². The Hall–Kier alpha value is -1.87. The maximum atomic E-state index is 13.1. The molecule has 3 aliphatic rings. The summed E-state index contributed by atoms with van der Waals surface area (Å²) >= 11 is 0. The Morgan fingerprint density at radius 3 is 2.45 bits per heavy atom. The van der Waals surface area contributed by atoms with Crippen molar-refractivity contribution >= 4 is 17.8 Å². The second-order valence-corrected chi connectivity index (χ2v) is 9.66. The largest absolute Gasteiger partial charge is 0.379 e. The Balaban J connectivity index is 1.57. The van der Waals surface area contributed by atoms with Crippen LogP contribution in [0.15, 0.2) is 0 Å². The van der Waals surface area contributed by atoms with Gasteiger partial charge in [-0.15, -0.1) is 0 Å². The first-order valence-electron chi connectivity index (χ1n) is 11.8. The summed E-state index contributed by atoms with van der Waals surface area (Å²) in [5.74, 6) is 0.0437. The monoisotopic (exact) mass is 437 g/mol. The average Bonchev–Trinajstić information content (AvgIpc) is 3.52. The van der Waals surface area contributed by atoms with Crippen molar-refractivity contribution in [2.24, 2.45) is 5.92 Å². The molecule has 2 heterocycles. The van der Waals surface area contributed by atoms with Crippen LogP contribution in [0.25, 0.3) is 0 Å². The van der Waals surface area contributed by atoms with Crippen LogP contribution in [0.5, 0.6) is 0 Å². The minimum Gasteiger partial charge on any atom is -0.379 e. The first kappa shape index (κ1) is 23.8. The minimum absolute atomic E-state index is 0.00221. The number of ether oxygens (including phenoxy) is 1. The van der Waals surface area contributed by atoms with Crippen molar-refractivity contribution in [1.29, 1.82) is 0 Å². The number of carbonyl (C=O) groups is 3. The molecule has 0 radical (unpaired) electrons. The molecule has 2 aliphatic heterocycles. The van der Waals surface area contributed by atoms with E-state index in [1.165, 1.54) is 0 Å². The highest BCUT2D eigenvalue weighted by molar-refractivity contribution is 5.87. The molecule has 2 saturated heterocycles. The van der Waals surface area contributed by atoms with Gasteiger partial charge in [-0.05, 0) is 58.0 Å². The third kappa shape index (κ3) is 7.35. The Labute approximate surface area is 185 Å². The Morgan fingerprint density at radius 2 is 1.77 bits per heavy atom. The number of rotatable bonds is 8. The molecule has 1 saturated carbocycles. The molecule has 9 nitrogen and oxygen atoms in total. The maximum Gasteiger partial charge on any atom is 0.315 e. The quantitative estimate of drug-likeness (QED) is 0.447. The van der Waals surface area contributed by atoms with Crippen molar-refractivity contribution in [3.63, 3.8) is 0 Å². The number of hydrogen-bond acceptors (Lipinski definition) is 5. The van der Waals surface area contributed by atoms with Crippen LogP contribution in [-0.4, -0.2) is 79.8 Å². The first-order chi connectivity index (χ1) is 14.8. The van der Waals surface area contributed by atoms with Crippen molar-refractivity contribution in [1.82, 2.24) is 26.2 Å². The average molecular weight is 438 g/mol. The lowest BCUT2D eigenvalue weighted by Gasteiger charge is -2.37. The Morgan fingerprint density at radius 1 is 1.00 bits per heavy atom. The summed E-state index contributed by atoms with van der Waals surface area (Å²) in [5, 5.41) is 11.9. The Kier molecular flexibility index (Phi) is 8.54. The molecule has 3 rings (SSSR count). The van der Waals surface area contributed by atoms with Gasteiger partial charge in [0, 0.05) is 12.6 Å². The molecule has 1 aliphatic carbocycles. The normalized spacial score (nSPS) is 27.9. The molecule has 0 aromatic rings. The van der Waals surface area contributed by atoms with Crippen LogP contribution >= 0.6 is 0 Å². The van der Waals surface area contributed by atoms with E-state index in [4.69, 9.17) is 4.74 Å². The van der Waals surface area contributed by atoms with Gasteiger partial charge in [-0.2, -0.15) is 0 Å². The predicted molar refractivity (Wildman–Crippen MR) is 117 cm³/mol. The highest BCUT2D eigenvalue weighted by Gasteiger charge is 2.34. The number of hydrogen-bond donors (Lipinski definition) is 4. The number of piperidine rings is 1. The van der Waals surface area contributed by atoms with Crippen LogP contribution in [0, 0.1) is 5.92 Å². The molecule has 9 heteroatoms. The van der Waals surface area contributed by atoms with E-state index in [0.29, 0.717) is 26.1 Å². The lowest BCUT2D eigenvalue weighted by molar-refractivity contribution is -0.131. The number of likely N-dealkylation sites (tertiary alicyclic amines) is 1. The van der Waals surface area contributed by atoms with E-state index in [2.05, 4.69) is 26.2 Å². The maximum absolute atomic E-state index is 13.1. The zero-order valence-electron chi connectivity index (χ0n) is 19.1. The zero-order chi connectivity index (χ0) is 22.4. The summed E-state index contributed by atoms with van der Waals surface area (Å²) in [6, 6.07) is -1.30. The van der Waals surface area contributed by atoms with Crippen LogP contribution in [0.4, 0.5) is 4.79 Å². The molecule has 4 atom stereocenters. The van der Waals surface area contributed by atoms with Gasteiger partial charge in [0.2, 0.25) is 11.8 Å². The van der Waals surface area contributed by atoms with Crippen LogP contribution in [0.3, 0.4) is 0 Å². The van der Waals surface area contributed by atoms with E-state index in [9.17, 15) is 14.4 Å². The van der Waals surface area contributed by atoms with Gasteiger partial charge in [0.15, 0.2) is 0 Å². The topological polar surface area (TPSA) is 112 Å². The smallest absolute Gasteiger partial charge is 0.315 e. The predicted octanol–water partition coefficient (Wildman–Crippen LogP) is 0.737. The molecular formula is C22H39N5O4. The lowest BCUT2D eigenvalue weighted by atomic mass is 9.98. The van der Waals surface area contributed by atoms with E-state index in [1.807, 2.05) is 20.9 Å². The summed E-state index contributed by atoms with van der Waals surface area (Å²) in [6.45, 7) is 5.88. The second kappa shape index (κ2) is 11.1. The number of urea groups is 1. The first-order valence-corrected chi connectivity index (χ1v) is 11.8. The van der Waals surface area contributed by atoms with Gasteiger partial charge in [-0.25, -0.2) is 4.79 Å². The highest BCUT2D eigenvalue weighted by Crippen LogP contribution is 2.19. The number of nitrogens with zero attached hydrogens (tertiary/aromatic N) is 1. The van der Waals surface area contributed by atoms with Gasteiger partial charge in [0.1, 0.15) is 6.04 Å². The third-order valence-corrected chi connectivity index (χ3v) is 6.33. The van der Waals surface area contributed by atoms with Crippen LogP contribution in [-0.2, 0) is 14.3 Å². The summed E-state index contributed by atoms with van der Waals surface area (Å²) in [4.78, 5) is 40.2. The lowest BCUT2D eigenvalue weighted by Crippen LogP contribution is -2.62. The zero-order valence-corrected chi connectivity index (χ0v) is 19.1. The van der Waals surface area contributed by atoms with Gasteiger partial charge in [0.05, 0.1) is 24.7 Å². The molecule has 176 valence electrons. The van der Waals surface area contributed by atoms with Crippen molar-refractivity contribution in [2.75, 3.05) is 26.8 Å². The number of likely N-dealkylation sites (N-methyl/N-ethyl adjacent to an activating group) is 1. The molecule has 0 bridgehead atoms. The number of carbonyl (C=O) groups excluding carboxylic acids is 3. The van der Waals surface area contributed by atoms with Gasteiger partial charge in [-0.1, -0.05) is 20.3 Å². The minimum atomic E-state index is -0.609. The standard InChI is InChI=1S/C22H39N5O4/c1-14(2)12-17(26-22(30)23-15-7-8-15)20(28)24-16-9-11-31-13-18(16)25-21(29)19-6-4-5-10-27(19)3/h14-19H,4-13H2,1-3H3,(H,24,28)(H,25,29)(H2,23,26,30)/t16-,17?,18+,19?/m1/s1. The van der Waals surface area contributed by atoms with Crippen molar-refractivity contribution in [2.45, 2.75) is 89.0 Å². The third-order valence-electron chi connectivity index (χ3n) is 6.33. The van der Waals surface area contributed by atoms with Gasteiger partial charge >= 0.3 is 6.03 Å². The second-order valence-electron chi connectivity index (χ2n) is 9.66. The van der Waals surface area contributed by atoms with E-state index in [-0.39, 0.29) is 47.9 Å². The molecular weight excluding hydrogens is 398 g/mol. The van der Waals surface area contributed by atoms with Gasteiger partial charge in [0.25, 0.3) is 0 Å². The van der Waals surface area contributed by atoms with Crippen LogP contribution < -0.4 is 21.3 Å². The fourth-order valence-corrected chi connectivity index (χ4v) is 4.34. The van der Waals surface area contributed by atoms with Crippen LogP contribution in [0.2, 0.25) is 0 Å². The molecule has 0 aromatic carbocycles. The molecule has 3 fully saturated rings. The summed E-state index contributed by atoms with van der Waals surface area (Å²) in [7, 11) is 1.98. The van der Waals surface area contributed by atoms with Crippen molar-refractivity contribution in [3.8, 4) is 0 Å². The number of amides is 4. The fourth-order valence-electron chi connectivity index (χ4n) is 4.34. The van der Waals surface area contributed by atoms with E-state index in [1.54, 1.807) is 0 Å².